The SMILES string of the molecule is CSc1ccccc1NC(=O)c1cnc2ccccn2c1=O. The molecule has 2 heterocycles. The van der Waals surface area contributed by atoms with Crippen molar-refractivity contribution in [3.63, 3.8) is 0 Å². The summed E-state index contributed by atoms with van der Waals surface area (Å²) in [5, 5.41) is 2.77. The molecule has 1 N–H and O–H groups in total. The van der Waals surface area contributed by atoms with Gasteiger partial charge in [-0.3, -0.25) is 14.0 Å². The molecule has 6 heteroatoms. The van der Waals surface area contributed by atoms with E-state index < -0.39 is 5.91 Å². The van der Waals surface area contributed by atoms with E-state index in [0.29, 0.717) is 11.3 Å². The van der Waals surface area contributed by atoms with Crippen LogP contribution >= 0.6 is 11.8 Å². The Bertz CT molecular complexity index is 905. The zero-order valence-corrected chi connectivity index (χ0v) is 12.6. The normalized spacial score (nSPS) is 10.6. The van der Waals surface area contributed by atoms with Gasteiger partial charge in [0.05, 0.1) is 5.69 Å². The van der Waals surface area contributed by atoms with Crippen LogP contribution in [0.3, 0.4) is 0 Å². The highest BCUT2D eigenvalue weighted by atomic mass is 32.2. The Morgan fingerprint density at radius 3 is 2.77 bits per heavy atom. The maximum Gasteiger partial charge on any atom is 0.270 e. The Labute approximate surface area is 131 Å². The summed E-state index contributed by atoms with van der Waals surface area (Å²) in [6, 6.07) is 12.7. The van der Waals surface area contributed by atoms with E-state index >= 15 is 0 Å². The molecule has 0 aliphatic carbocycles. The minimum atomic E-state index is -0.461. The van der Waals surface area contributed by atoms with Crippen LogP contribution in [0.5, 0.6) is 0 Å². The van der Waals surface area contributed by atoms with E-state index in [-0.39, 0.29) is 11.1 Å². The van der Waals surface area contributed by atoms with Gasteiger partial charge >= 0.3 is 0 Å². The van der Waals surface area contributed by atoms with Crippen molar-refractivity contribution >= 4 is 29.0 Å². The molecule has 1 amide bonds. The van der Waals surface area contributed by atoms with E-state index in [0.717, 1.165) is 4.90 Å². The van der Waals surface area contributed by atoms with E-state index in [4.69, 9.17) is 0 Å². The Morgan fingerprint density at radius 1 is 1.18 bits per heavy atom. The number of carbonyl (C=O) groups is 1. The van der Waals surface area contributed by atoms with Crippen molar-refractivity contribution in [2.24, 2.45) is 0 Å². The van der Waals surface area contributed by atoms with Gasteiger partial charge in [-0.15, -0.1) is 11.8 Å². The predicted molar refractivity (Wildman–Crippen MR) is 87.6 cm³/mol. The molecule has 0 saturated carbocycles. The summed E-state index contributed by atoms with van der Waals surface area (Å²) in [6.07, 6.45) is 4.84. The second kappa shape index (κ2) is 6.03. The summed E-state index contributed by atoms with van der Waals surface area (Å²) >= 11 is 1.53. The van der Waals surface area contributed by atoms with Crippen molar-refractivity contribution in [1.29, 1.82) is 0 Å². The summed E-state index contributed by atoms with van der Waals surface area (Å²) < 4.78 is 1.36. The lowest BCUT2D eigenvalue weighted by Crippen LogP contribution is -2.26. The average Bonchev–Trinajstić information content (AvgIpc) is 2.56. The third kappa shape index (κ3) is 2.60. The molecule has 1 aromatic carbocycles. The van der Waals surface area contributed by atoms with Gasteiger partial charge in [0.15, 0.2) is 0 Å². The van der Waals surface area contributed by atoms with E-state index in [2.05, 4.69) is 10.3 Å². The molecule has 2 aromatic heterocycles. The first-order valence-corrected chi connectivity index (χ1v) is 7.84. The summed E-state index contributed by atoms with van der Waals surface area (Å²) in [5.41, 5.74) is 0.815. The highest BCUT2D eigenvalue weighted by Gasteiger charge is 2.14. The molecule has 0 spiro atoms. The number of fused-ring (bicyclic) bond motifs is 1. The standard InChI is InChI=1S/C16H13N3O2S/c1-22-13-7-3-2-6-12(13)18-15(20)11-10-17-14-8-4-5-9-19(14)16(11)21/h2-10H,1H3,(H,18,20). The van der Waals surface area contributed by atoms with E-state index in [1.807, 2.05) is 24.5 Å². The molecule has 0 aliphatic rings. The maximum absolute atomic E-state index is 12.4. The minimum absolute atomic E-state index is 0.0135. The number of hydrogen-bond acceptors (Lipinski definition) is 4. The van der Waals surface area contributed by atoms with Gasteiger partial charge in [0, 0.05) is 17.3 Å². The number of nitrogens with one attached hydrogen (secondary N) is 1. The predicted octanol–water partition coefficient (Wildman–Crippen LogP) is 2.67. The van der Waals surface area contributed by atoms with Crippen LogP contribution in [0.4, 0.5) is 5.69 Å². The van der Waals surface area contributed by atoms with Crippen LogP contribution in [0.2, 0.25) is 0 Å². The fourth-order valence-corrected chi connectivity index (χ4v) is 2.67. The quantitative estimate of drug-likeness (QED) is 0.755. The molecule has 3 rings (SSSR count). The fraction of sp³-hybridized carbons (Fsp3) is 0.0625. The van der Waals surface area contributed by atoms with Gasteiger partial charge in [0.2, 0.25) is 0 Å². The monoisotopic (exact) mass is 311 g/mol. The number of amides is 1. The van der Waals surface area contributed by atoms with Crippen LogP contribution in [-0.4, -0.2) is 21.5 Å². The number of hydrogen-bond donors (Lipinski definition) is 1. The number of pyridine rings is 1. The number of aromatic nitrogens is 2. The fourth-order valence-electron chi connectivity index (χ4n) is 2.12. The van der Waals surface area contributed by atoms with Gasteiger partial charge in [-0.05, 0) is 30.5 Å². The molecule has 0 bridgehead atoms. The Balaban J connectivity index is 1.99. The van der Waals surface area contributed by atoms with Crippen LogP contribution in [0.25, 0.3) is 5.65 Å². The van der Waals surface area contributed by atoms with Crippen molar-refractivity contribution in [2.45, 2.75) is 4.90 Å². The molecule has 0 fully saturated rings. The van der Waals surface area contributed by atoms with Crippen molar-refractivity contribution < 1.29 is 4.79 Å². The first-order valence-electron chi connectivity index (χ1n) is 6.61. The molecular formula is C16H13N3O2S. The van der Waals surface area contributed by atoms with Crippen LogP contribution in [-0.2, 0) is 0 Å². The first-order chi connectivity index (χ1) is 10.7. The zero-order valence-electron chi connectivity index (χ0n) is 11.8. The zero-order chi connectivity index (χ0) is 15.5. The Morgan fingerprint density at radius 2 is 1.95 bits per heavy atom. The van der Waals surface area contributed by atoms with Crippen molar-refractivity contribution in [2.75, 3.05) is 11.6 Å². The summed E-state index contributed by atoms with van der Waals surface area (Å²) in [4.78, 5) is 29.8. The minimum Gasteiger partial charge on any atom is -0.321 e. The lowest BCUT2D eigenvalue weighted by molar-refractivity contribution is 0.102. The van der Waals surface area contributed by atoms with Gasteiger partial charge in [0.1, 0.15) is 11.2 Å². The first kappa shape index (κ1) is 14.3. The third-order valence-corrected chi connectivity index (χ3v) is 4.01. The molecule has 0 aliphatic heterocycles. The maximum atomic E-state index is 12.4. The Hall–Kier alpha value is -2.60. The van der Waals surface area contributed by atoms with Crippen LogP contribution < -0.4 is 10.9 Å². The number of para-hydroxylation sites is 1. The smallest absolute Gasteiger partial charge is 0.270 e. The highest BCUT2D eigenvalue weighted by molar-refractivity contribution is 7.98. The average molecular weight is 311 g/mol. The molecular weight excluding hydrogens is 298 g/mol. The van der Waals surface area contributed by atoms with Crippen molar-refractivity contribution in [1.82, 2.24) is 9.38 Å². The molecule has 3 aromatic rings. The van der Waals surface area contributed by atoms with Gasteiger partial charge in [-0.1, -0.05) is 18.2 Å². The van der Waals surface area contributed by atoms with Gasteiger partial charge < -0.3 is 5.32 Å². The number of anilines is 1. The molecule has 22 heavy (non-hydrogen) atoms. The van der Waals surface area contributed by atoms with E-state index in [1.165, 1.54) is 22.4 Å². The summed E-state index contributed by atoms with van der Waals surface area (Å²) in [6.45, 7) is 0. The van der Waals surface area contributed by atoms with Gasteiger partial charge in [-0.2, -0.15) is 0 Å². The van der Waals surface area contributed by atoms with E-state index in [1.54, 1.807) is 30.5 Å². The highest BCUT2D eigenvalue weighted by Crippen LogP contribution is 2.24. The lowest BCUT2D eigenvalue weighted by Gasteiger charge is -2.09. The molecule has 5 nitrogen and oxygen atoms in total. The summed E-state index contributed by atoms with van der Waals surface area (Å²) in [5.74, 6) is -0.461. The van der Waals surface area contributed by atoms with E-state index in [9.17, 15) is 9.59 Å². The van der Waals surface area contributed by atoms with Crippen LogP contribution in [0.1, 0.15) is 10.4 Å². The van der Waals surface area contributed by atoms with Gasteiger partial charge in [-0.25, -0.2) is 4.98 Å². The number of thioether (sulfide) groups is 1. The van der Waals surface area contributed by atoms with Crippen molar-refractivity contribution in [3.8, 4) is 0 Å². The largest absolute Gasteiger partial charge is 0.321 e. The number of carbonyl (C=O) groups excluding carboxylic acids is 1. The third-order valence-electron chi connectivity index (χ3n) is 3.21. The number of rotatable bonds is 3. The van der Waals surface area contributed by atoms with Crippen LogP contribution in [0, 0.1) is 0 Å². The summed E-state index contributed by atoms with van der Waals surface area (Å²) in [7, 11) is 0. The second-order valence-electron chi connectivity index (χ2n) is 4.56. The molecule has 0 unspecified atom stereocenters. The second-order valence-corrected chi connectivity index (χ2v) is 5.41. The molecule has 0 radical (unpaired) electrons. The number of nitrogens with zero attached hydrogens (tertiary/aromatic N) is 2. The molecule has 110 valence electrons. The van der Waals surface area contributed by atoms with Gasteiger partial charge in [0.25, 0.3) is 11.5 Å². The molecule has 0 saturated heterocycles. The lowest BCUT2D eigenvalue weighted by atomic mass is 10.2. The van der Waals surface area contributed by atoms with Crippen molar-refractivity contribution in [3.05, 3.63) is 70.8 Å². The molecule has 0 atom stereocenters. The number of benzene rings is 1. The Kier molecular flexibility index (Phi) is 3.93. The topological polar surface area (TPSA) is 63.5 Å². The van der Waals surface area contributed by atoms with Crippen LogP contribution in [0.15, 0.2) is 64.5 Å².